The fourth-order valence-corrected chi connectivity index (χ4v) is 4.34. The molecule has 0 aliphatic carbocycles. The number of halogens is 1. The highest BCUT2D eigenvalue weighted by atomic mass is 35.5. The van der Waals surface area contributed by atoms with Crippen molar-refractivity contribution in [2.45, 2.75) is 57.7 Å². The van der Waals surface area contributed by atoms with E-state index in [0.717, 1.165) is 35.9 Å². The number of rotatable bonds is 9. The molecule has 3 N–H and O–H groups in total. The Morgan fingerprint density at radius 1 is 1.18 bits per heavy atom. The second kappa shape index (κ2) is 12.0. The number of likely N-dealkylation sites (tertiary alicyclic amines) is 1. The van der Waals surface area contributed by atoms with Crippen LogP contribution in [0.4, 0.5) is 0 Å². The highest BCUT2D eigenvalue weighted by molar-refractivity contribution is 5.92. The number of likely N-dealkylation sites (N-methyl/N-ethyl adjacent to an activating group) is 1. The summed E-state index contributed by atoms with van der Waals surface area (Å²) in [6.07, 6.45) is 4.36. The van der Waals surface area contributed by atoms with Crippen LogP contribution in [0.1, 0.15) is 38.7 Å². The zero-order chi connectivity index (χ0) is 23.3. The van der Waals surface area contributed by atoms with Crippen molar-refractivity contribution in [2.24, 2.45) is 5.92 Å². The molecule has 0 unspecified atom stereocenters. The Hall–Kier alpha value is -2.58. The zero-order valence-electron chi connectivity index (χ0n) is 19.7. The number of hydrogen-bond acceptors (Lipinski definition) is 5. The number of H-pyrrole nitrogens is 1. The van der Waals surface area contributed by atoms with Crippen molar-refractivity contribution in [3.05, 3.63) is 36.0 Å². The molecule has 3 rings (SSSR count). The molecule has 2 aromatic rings. The van der Waals surface area contributed by atoms with E-state index in [2.05, 4.69) is 15.6 Å². The Labute approximate surface area is 201 Å². The second-order valence-corrected chi connectivity index (χ2v) is 8.98. The van der Waals surface area contributed by atoms with E-state index in [1.54, 1.807) is 0 Å². The lowest BCUT2D eigenvalue weighted by Gasteiger charge is -2.26. The summed E-state index contributed by atoms with van der Waals surface area (Å²) in [5.41, 5.74) is 1.87. The quantitative estimate of drug-likeness (QED) is 0.480. The predicted molar refractivity (Wildman–Crippen MR) is 130 cm³/mol. The summed E-state index contributed by atoms with van der Waals surface area (Å²) in [5, 5.41) is 6.74. The van der Waals surface area contributed by atoms with Gasteiger partial charge >= 0.3 is 5.97 Å². The van der Waals surface area contributed by atoms with E-state index in [4.69, 9.17) is 4.74 Å². The summed E-state index contributed by atoms with van der Waals surface area (Å²) < 4.78 is 4.95. The molecule has 1 aromatic carbocycles. The summed E-state index contributed by atoms with van der Waals surface area (Å²) in [6.45, 7) is 4.86. The van der Waals surface area contributed by atoms with Crippen LogP contribution in [0.5, 0.6) is 0 Å². The molecular weight excluding hydrogens is 444 g/mol. The summed E-state index contributed by atoms with van der Waals surface area (Å²) in [6, 6.07) is 6.00. The molecule has 2 amide bonds. The number of aromatic nitrogens is 1. The van der Waals surface area contributed by atoms with Crippen LogP contribution in [0.25, 0.3) is 10.9 Å². The van der Waals surface area contributed by atoms with Gasteiger partial charge in [0.1, 0.15) is 12.1 Å². The normalized spacial score (nSPS) is 17.9. The lowest BCUT2D eigenvalue weighted by molar-refractivity contribution is -0.145. The third-order valence-electron chi connectivity index (χ3n) is 6.06. The number of amides is 2. The fourth-order valence-electron chi connectivity index (χ4n) is 4.34. The predicted octanol–water partition coefficient (Wildman–Crippen LogP) is 2.42. The van der Waals surface area contributed by atoms with Gasteiger partial charge in [0, 0.05) is 23.5 Å². The lowest BCUT2D eigenvalue weighted by atomic mass is 10.0. The first-order valence-electron chi connectivity index (χ1n) is 11.2. The summed E-state index contributed by atoms with van der Waals surface area (Å²) in [5.74, 6) is -0.841. The zero-order valence-corrected chi connectivity index (χ0v) is 20.5. The van der Waals surface area contributed by atoms with E-state index >= 15 is 0 Å². The Kier molecular flexibility index (Phi) is 9.73. The van der Waals surface area contributed by atoms with Gasteiger partial charge in [0.15, 0.2) is 0 Å². The highest BCUT2D eigenvalue weighted by Crippen LogP contribution is 2.20. The van der Waals surface area contributed by atoms with Gasteiger partial charge in [-0.15, -0.1) is 12.4 Å². The lowest BCUT2D eigenvalue weighted by Crippen LogP contribution is -2.55. The van der Waals surface area contributed by atoms with E-state index in [0.29, 0.717) is 6.42 Å². The Morgan fingerprint density at radius 2 is 1.91 bits per heavy atom. The van der Waals surface area contributed by atoms with Crippen molar-refractivity contribution in [3.8, 4) is 0 Å². The largest absolute Gasteiger partial charge is 0.467 e. The molecule has 0 saturated carbocycles. The number of nitrogens with one attached hydrogen (secondary N) is 3. The Morgan fingerprint density at radius 3 is 2.55 bits per heavy atom. The number of hydrogen-bond donors (Lipinski definition) is 3. The monoisotopic (exact) mass is 478 g/mol. The van der Waals surface area contributed by atoms with Crippen molar-refractivity contribution >= 4 is 41.1 Å². The van der Waals surface area contributed by atoms with Crippen molar-refractivity contribution in [1.29, 1.82) is 0 Å². The van der Waals surface area contributed by atoms with E-state index < -0.39 is 18.1 Å². The van der Waals surface area contributed by atoms with Crippen molar-refractivity contribution < 1.29 is 19.1 Å². The van der Waals surface area contributed by atoms with Crippen molar-refractivity contribution in [1.82, 2.24) is 20.5 Å². The number of nitrogens with zero attached hydrogens (tertiary/aromatic N) is 1. The number of esters is 1. The molecule has 1 aromatic heterocycles. The van der Waals surface area contributed by atoms with Crippen LogP contribution in [0.15, 0.2) is 30.5 Å². The summed E-state index contributed by atoms with van der Waals surface area (Å²) in [7, 11) is 3.23. The maximum atomic E-state index is 13.2. The highest BCUT2D eigenvalue weighted by Gasteiger charge is 2.33. The molecule has 0 bridgehead atoms. The number of carbonyl (C=O) groups excluding carboxylic acids is 3. The minimum atomic E-state index is -0.854. The van der Waals surface area contributed by atoms with Gasteiger partial charge in [-0.3, -0.25) is 14.5 Å². The first kappa shape index (κ1) is 26.7. The minimum Gasteiger partial charge on any atom is -0.467 e. The standard InChI is InChI=1S/C24H34N4O4.ClH/c1-15(2)12-19(26-23(30)21-10-7-11-28(21)3)22(29)27-20(24(31)32-4)13-16-14-25-18-9-6-5-8-17(16)18;/h5-6,8-9,14-15,19-21,25H,7,10-13H2,1-4H3,(H,26,30)(H,27,29);1H/t19-,20-,21-;/m0./s1. The van der Waals surface area contributed by atoms with Gasteiger partial charge in [-0.1, -0.05) is 32.0 Å². The maximum Gasteiger partial charge on any atom is 0.328 e. The summed E-state index contributed by atoms with van der Waals surface area (Å²) >= 11 is 0. The van der Waals surface area contributed by atoms with Crippen LogP contribution >= 0.6 is 12.4 Å². The van der Waals surface area contributed by atoms with Crippen molar-refractivity contribution in [3.63, 3.8) is 0 Å². The Bertz CT molecular complexity index is 961. The smallest absolute Gasteiger partial charge is 0.328 e. The number of benzene rings is 1. The molecule has 1 saturated heterocycles. The molecule has 33 heavy (non-hydrogen) atoms. The topological polar surface area (TPSA) is 104 Å². The molecular formula is C24H35ClN4O4. The molecule has 1 fully saturated rings. The van der Waals surface area contributed by atoms with Gasteiger partial charge in [-0.05, 0) is 50.4 Å². The van der Waals surface area contributed by atoms with Crippen LogP contribution < -0.4 is 10.6 Å². The number of methoxy groups -OCH3 is 1. The first-order valence-corrected chi connectivity index (χ1v) is 11.2. The number of fused-ring (bicyclic) bond motifs is 1. The van der Waals surface area contributed by atoms with Crippen LogP contribution in [0, 0.1) is 5.92 Å². The number of para-hydroxylation sites is 1. The minimum absolute atomic E-state index is 0. The van der Waals surface area contributed by atoms with E-state index in [9.17, 15) is 14.4 Å². The summed E-state index contributed by atoms with van der Waals surface area (Å²) in [4.78, 5) is 43.7. The van der Waals surface area contributed by atoms with Gasteiger partial charge in [-0.25, -0.2) is 4.79 Å². The maximum absolute atomic E-state index is 13.2. The number of aromatic amines is 1. The van der Waals surface area contributed by atoms with Crippen LogP contribution in [0.3, 0.4) is 0 Å². The fraction of sp³-hybridized carbons (Fsp3) is 0.542. The molecule has 8 nitrogen and oxygen atoms in total. The van der Waals surface area contributed by atoms with Gasteiger partial charge in [-0.2, -0.15) is 0 Å². The molecule has 9 heteroatoms. The number of ether oxygens (including phenoxy) is 1. The molecule has 0 spiro atoms. The van der Waals surface area contributed by atoms with Crippen LogP contribution in [0.2, 0.25) is 0 Å². The Balaban J connectivity index is 0.00000385. The van der Waals surface area contributed by atoms with E-state index in [-0.39, 0.29) is 42.6 Å². The molecule has 1 aliphatic heterocycles. The third-order valence-corrected chi connectivity index (χ3v) is 6.06. The van der Waals surface area contributed by atoms with Gasteiger partial charge < -0.3 is 20.4 Å². The van der Waals surface area contributed by atoms with Crippen molar-refractivity contribution in [2.75, 3.05) is 20.7 Å². The average Bonchev–Trinajstić information content (AvgIpc) is 3.38. The molecule has 1 aliphatic rings. The molecule has 2 heterocycles. The van der Waals surface area contributed by atoms with Gasteiger partial charge in [0.05, 0.1) is 13.2 Å². The molecule has 182 valence electrons. The van der Waals surface area contributed by atoms with Gasteiger partial charge in [0.25, 0.3) is 0 Å². The van der Waals surface area contributed by atoms with Gasteiger partial charge in [0.2, 0.25) is 11.8 Å². The second-order valence-electron chi connectivity index (χ2n) is 8.98. The SMILES string of the molecule is COC(=O)[C@H](Cc1c[nH]c2ccccc12)NC(=O)[C@H](CC(C)C)NC(=O)[C@@H]1CCCN1C.Cl. The third kappa shape index (κ3) is 6.71. The van der Waals surface area contributed by atoms with E-state index in [1.807, 2.05) is 56.3 Å². The van der Waals surface area contributed by atoms with E-state index in [1.165, 1.54) is 7.11 Å². The average molecular weight is 479 g/mol. The number of carbonyl (C=O) groups is 3. The first-order chi connectivity index (χ1) is 15.3. The molecule has 3 atom stereocenters. The van der Waals surface area contributed by atoms with Crippen LogP contribution in [-0.4, -0.2) is 66.5 Å². The van der Waals surface area contributed by atoms with Crippen LogP contribution in [-0.2, 0) is 25.5 Å². The molecule has 0 radical (unpaired) electrons.